The molecule has 3 aromatic rings. The van der Waals surface area contributed by atoms with Gasteiger partial charge in [0.2, 0.25) is 11.8 Å². The number of hydrogen-bond donors (Lipinski definition) is 2. The SMILES string of the molecule is CC(=O)Nc1cc(-c2ccc(=O)n([C@@H](C)C(=O)Nc3ccc(F)cc3F)n2)ccc1C. The summed E-state index contributed by atoms with van der Waals surface area (Å²) in [5, 5.41) is 9.33. The van der Waals surface area contributed by atoms with Gasteiger partial charge >= 0.3 is 0 Å². The van der Waals surface area contributed by atoms with Gasteiger partial charge in [-0.25, -0.2) is 13.5 Å². The number of hydrogen-bond acceptors (Lipinski definition) is 4. The van der Waals surface area contributed by atoms with E-state index in [9.17, 15) is 23.2 Å². The van der Waals surface area contributed by atoms with Crippen LogP contribution in [-0.2, 0) is 9.59 Å². The molecule has 9 heteroatoms. The van der Waals surface area contributed by atoms with Crippen LogP contribution in [0.4, 0.5) is 20.2 Å². The Labute approximate surface area is 176 Å². The van der Waals surface area contributed by atoms with Gasteiger partial charge in [0.25, 0.3) is 5.56 Å². The van der Waals surface area contributed by atoms with Gasteiger partial charge in [-0.2, -0.15) is 5.10 Å². The molecule has 0 spiro atoms. The van der Waals surface area contributed by atoms with Gasteiger partial charge < -0.3 is 10.6 Å². The Kier molecular flexibility index (Phi) is 6.24. The highest BCUT2D eigenvalue weighted by atomic mass is 19.1. The van der Waals surface area contributed by atoms with Gasteiger partial charge in [-0.15, -0.1) is 0 Å². The molecule has 0 aliphatic rings. The zero-order chi connectivity index (χ0) is 22.7. The number of nitrogens with zero attached hydrogens (tertiary/aromatic N) is 2. The number of carbonyl (C=O) groups excluding carboxylic acids is 2. The van der Waals surface area contributed by atoms with Gasteiger partial charge in [-0.1, -0.05) is 12.1 Å². The summed E-state index contributed by atoms with van der Waals surface area (Å²) in [4.78, 5) is 36.3. The van der Waals surface area contributed by atoms with Crippen molar-refractivity contribution in [2.24, 2.45) is 0 Å². The molecule has 2 aromatic carbocycles. The molecule has 1 aromatic heterocycles. The number of anilines is 2. The first-order valence-corrected chi connectivity index (χ1v) is 9.40. The van der Waals surface area contributed by atoms with Crippen LogP contribution in [0.3, 0.4) is 0 Å². The van der Waals surface area contributed by atoms with Crippen LogP contribution in [0.5, 0.6) is 0 Å². The fourth-order valence-corrected chi connectivity index (χ4v) is 2.90. The van der Waals surface area contributed by atoms with Gasteiger partial charge in [0.15, 0.2) is 0 Å². The summed E-state index contributed by atoms with van der Waals surface area (Å²) in [6, 6.07) is 9.74. The summed E-state index contributed by atoms with van der Waals surface area (Å²) >= 11 is 0. The molecule has 2 amide bonds. The largest absolute Gasteiger partial charge is 0.326 e. The minimum Gasteiger partial charge on any atom is -0.326 e. The first-order valence-electron chi connectivity index (χ1n) is 9.40. The molecule has 31 heavy (non-hydrogen) atoms. The summed E-state index contributed by atoms with van der Waals surface area (Å²) in [5.74, 6) is -2.62. The Bertz CT molecular complexity index is 1220. The van der Waals surface area contributed by atoms with E-state index >= 15 is 0 Å². The maximum Gasteiger partial charge on any atom is 0.267 e. The smallest absolute Gasteiger partial charge is 0.267 e. The van der Waals surface area contributed by atoms with Crippen LogP contribution < -0.4 is 16.2 Å². The Morgan fingerprint density at radius 3 is 2.42 bits per heavy atom. The van der Waals surface area contributed by atoms with E-state index < -0.39 is 29.1 Å². The standard InChI is InChI=1S/C22H20F2N4O3/c1-12-4-5-15(10-20(12)25-14(3)29)18-8-9-21(30)28(27-18)13(2)22(31)26-19-7-6-16(23)11-17(19)24/h4-11,13H,1-3H3,(H,25,29)(H,26,31)/t13-/m0/s1. The molecule has 0 bridgehead atoms. The van der Waals surface area contributed by atoms with E-state index in [2.05, 4.69) is 15.7 Å². The number of halogens is 2. The third-order valence-corrected chi connectivity index (χ3v) is 4.60. The van der Waals surface area contributed by atoms with E-state index in [1.165, 1.54) is 26.0 Å². The molecule has 0 aliphatic heterocycles. The molecular weight excluding hydrogens is 406 g/mol. The highest BCUT2D eigenvalue weighted by Crippen LogP contribution is 2.24. The lowest BCUT2D eigenvalue weighted by Gasteiger charge is -2.16. The Balaban J connectivity index is 1.91. The average molecular weight is 426 g/mol. The third-order valence-electron chi connectivity index (χ3n) is 4.60. The van der Waals surface area contributed by atoms with E-state index in [1.807, 2.05) is 6.92 Å². The van der Waals surface area contributed by atoms with Gasteiger partial charge in [-0.3, -0.25) is 14.4 Å². The fraction of sp³-hybridized carbons (Fsp3) is 0.182. The number of carbonyl (C=O) groups is 2. The minimum absolute atomic E-state index is 0.207. The van der Waals surface area contributed by atoms with Crippen molar-refractivity contribution in [3.05, 3.63) is 76.1 Å². The number of aryl methyl sites for hydroxylation is 1. The van der Waals surface area contributed by atoms with Gasteiger partial charge in [0, 0.05) is 30.3 Å². The number of benzene rings is 2. The lowest BCUT2D eigenvalue weighted by Crippen LogP contribution is -2.33. The van der Waals surface area contributed by atoms with E-state index in [-0.39, 0.29) is 11.6 Å². The van der Waals surface area contributed by atoms with Crippen LogP contribution in [0.25, 0.3) is 11.3 Å². The molecule has 0 fully saturated rings. The number of nitrogens with one attached hydrogen (secondary N) is 2. The van der Waals surface area contributed by atoms with Crippen molar-refractivity contribution < 1.29 is 18.4 Å². The van der Waals surface area contributed by atoms with Gasteiger partial charge in [0.1, 0.15) is 17.7 Å². The third kappa shape index (κ3) is 5.00. The lowest BCUT2D eigenvalue weighted by atomic mass is 10.1. The molecule has 1 atom stereocenters. The molecule has 2 N–H and O–H groups in total. The van der Waals surface area contributed by atoms with Crippen molar-refractivity contribution in [1.82, 2.24) is 9.78 Å². The topological polar surface area (TPSA) is 93.1 Å². The van der Waals surface area contributed by atoms with Crippen molar-refractivity contribution in [2.45, 2.75) is 26.8 Å². The summed E-state index contributed by atoms with van der Waals surface area (Å²) in [5.41, 5.74) is 1.74. The molecular formula is C22H20F2N4O3. The Morgan fingerprint density at radius 2 is 1.74 bits per heavy atom. The quantitative estimate of drug-likeness (QED) is 0.651. The maximum atomic E-state index is 13.8. The van der Waals surface area contributed by atoms with E-state index in [0.29, 0.717) is 23.0 Å². The molecule has 160 valence electrons. The summed E-state index contributed by atoms with van der Waals surface area (Å²) in [6.45, 7) is 4.67. The van der Waals surface area contributed by atoms with Crippen molar-refractivity contribution in [3.8, 4) is 11.3 Å². The second kappa shape index (κ2) is 8.86. The normalized spacial score (nSPS) is 11.6. The molecule has 3 rings (SSSR count). The zero-order valence-electron chi connectivity index (χ0n) is 17.1. The van der Waals surface area contributed by atoms with Crippen LogP contribution in [0.2, 0.25) is 0 Å². The van der Waals surface area contributed by atoms with Crippen molar-refractivity contribution >= 4 is 23.2 Å². The first kappa shape index (κ1) is 21.8. The summed E-state index contributed by atoms with van der Waals surface area (Å²) < 4.78 is 27.9. The van der Waals surface area contributed by atoms with Crippen molar-refractivity contribution in [2.75, 3.05) is 10.6 Å². The number of rotatable bonds is 5. The van der Waals surface area contributed by atoms with Crippen LogP contribution in [-0.4, -0.2) is 21.6 Å². The highest BCUT2D eigenvalue weighted by molar-refractivity contribution is 5.93. The van der Waals surface area contributed by atoms with Crippen LogP contribution in [0.15, 0.2) is 53.3 Å². The Morgan fingerprint density at radius 1 is 1.00 bits per heavy atom. The van der Waals surface area contributed by atoms with Crippen LogP contribution >= 0.6 is 0 Å². The summed E-state index contributed by atoms with van der Waals surface area (Å²) in [7, 11) is 0. The van der Waals surface area contributed by atoms with Crippen LogP contribution in [0, 0.1) is 18.6 Å². The minimum atomic E-state index is -1.07. The molecule has 7 nitrogen and oxygen atoms in total. The Hall–Kier alpha value is -3.88. The summed E-state index contributed by atoms with van der Waals surface area (Å²) in [6.07, 6.45) is 0. The fourth-order valence-electron chi connectivity index (χ4n) is 2.90. The number of aromatic nitrogens is 2. The van der Waals surface area contributed by atoms with E-state index in [4.69, 9.17) is 0 Å². The lowest BCUT2D eigenvalue weighted by molar-refractivity contribution is -0.119. The zero-order valence-corrected chi connectivity index (χ0v) is 17.1. The first-order chi connectivity index (χ1) is 14.7. The highest BCUT2D eigenvalue weighted by Gasteiger charge is 2.20. The van der Waals surface area contributed by atoms with Gasteiger partial charge in [-0.05, 0) is 43.7 Å². The molecule has 1 heterocycles. The van der Waals surface area contributed by atoms with Gasteiger partial charge in [0.05, 0.1) is 11.4 Å². The molecule has 0 unspecified atom stereocenters. The second-order valence-electron chi connectivity index (χ2n) is 7.00. The number of amides is 2. The maximum absolute atomic E-state index is 13.8. The van der Waals surface area contributed by atoms with E-state index in [0.717, 1.165) is 22.4 Å². The molecule has 0 aliphatic carbocycles. The van der Waals surface area contributed by atoms with Crippen molar-refractivity contribution in [3.63, 3.8) is 0 Å². The second-order valence-corrected chi connectivity index (χ2v) is 7.00. The van der Waals surface area contributed by atoms with E-state index in [1.54, 1.807) is 18.2 Å². The molecule has 0 radical (unpaired) electrons. The molecule has 0 saturated heterocycles. The predicted molar refractivity (Wildman–Crippen MR) is 113 cm³/mol. The monoisotopic (exact) mass is 426 g/mol. The van der Waals surface area contributed by atoms with Crippen LogP contribution in [0.1, 0.15) is 25.5 Å². The van der Waals surface area contributed by atoms with Crippen molar-refractivity contribution in [1.29, 1.82) is 0 Å². The molecule has 0 saturated carbocycles. The average Bonchev–Trinajstić information content (AvgIpc) is 2.71. The predicted octanol–water partition coefficient (Wildman–Crippen LogP) is 3.66.